The zero-order chi connectivity index (χ0) is 13.2. The zero-order valence-corrected chi connectivity index (χ0v) is 11.3. The van der Waals surface area contributed by atoms with Gasteiger partial charge in [-0.05, 0) is 25.0 Å². The normalized spacial score (nSPS) is 14.0. The molecule has 1 aliphatic heterocycles. The fraction of sp³-hybridized carbons (Fsp3) is 0.400. The number of imidazole rings is 1. The Morgan fingerprint density at radius 3 is 2.42 bits per heavy atom. The number of nitrogens with zero attached hydrogens (tertiary/aromatic N) is 2. The highest BCUT2D eigenvalue weighted by atomic mass is 16.5. The summed E-state index contributed by atoms with van der Waals surface area (Å²) in [5, 5.41) is 0. The van der Waals surface area contributed by atoms with Crippen LogP contribution in [0.25, 0.3) is 11.3 Å². The molecule has 2 aromatic rings. The number of hydrogen-bond acceptors (Lipinski definition) is 3. The molecule has 19 heavy (non-hydrogen) atoms. The maximum atomic E-state index is 5.31. The van der Waals surface area contributed by atoms with E-state index in [2.05, 4.69) is 10.8 Å². The number of hydrogen-bond donors (Lipinski definition) is 0. The number of aromatic nitrogens is 2. The molecule has 0 spiro atoms. The molecule has 2 heterocycles. The number of methoxy groups -OCH3 is 2. The highest BCUT2D eigenvalue weighted by molar-refractivity contribution is 5.63. The first-order valence-corrected chi connectivity index (χ1v) is 6.59. The average molecular weight is 258 g/mol. The van der Waals surface area contributed by atoms with E-state index in [1.54, 1.807) is 14.2 Å². The zero-order valence-electron chi connectivity index (χ0n) is 11.3. The van der Waals surface area contributed by atoms with Crippen molar-refractivity contribution in [1.82, 2.24) is 9.55 Å². The van der Waals surface area contributed by atoms with E-state index in [1.165, 1.54) is 18.7 Å². The minimum absolute atomic E-state index is 0.792. The summed E-state index contributed by atoms with van der Waals surface area (Å²) >= 11 is 0. The quantitative estimate of drug-likeness (QED) is 0.849. The van der Waals surface area contributed by atoms with Crippen molar-refractivity contribution in [3.8, 4) is 22.8 Å². The molecule has 4 heteroatoms. The van der Waals surface area contributed by atoms with Crippen molar-refractivity contribution in [2.45, 2.75) is 25.8 Å². The van der Waals surface area contributed by atoms with Crippen LogP contribution in [-0.2, 0) is 13.0 Å². The molecule has 1 aliphatic rings. The lowest BCUT2D eigenvalue weighted by atomic mass is 10.1. The van der Waals surface area contributed by atoms with Crippen LogP contribution in [-0.4, -0.2) is 23.8 Å². The second kappa shape index (κ2) is 4.96. The Bertz CT molecular complexity index is 544. The summed E-state index contributed by atoms with van der Waals surface area (Å²) in [6, 6.07) is 5.87. The smallest absolute Gasteiger partial charge is 0.123 e. The predicted octanol–water partition coefficient (Wildman–Crippen LogP) is 2.90. The van der Waals surface area contributed by atoms with Crippen LogP contribution in [0.15, 0.2) is 24.4 Å². The van der Waals surface area contributed by atoms with Gasteiger partial charge < -0.3 is 14.0 Å². The molecular weight excluding hydrogens is 240 g/mol. The standard InChI is InChI=1S/C15H18N2O2/c1-18-12-7-11(8-13(9-12)19-2)14-10-17-6-4-3-5-15(17)16-14/h7-10H,3-6H2,1-2H3. The topological polar surface area (TPSA) is 36.3 Å². The van der Waals surface area contributed by atoms with Crippen LogP contribution in [0.4, 0.5) is 0 Å². The minimum atomic E-state index is 0.792. The van der Waals surface area contributed by atoms with Crippen LogP contribution in [0.5, 0.6) is 11.5 Å². The number of fused-ring (bicyclic) bond motifs is 1. The van der Waals surface area contributed by atoms with Crippen molar-refractivity contribution in [3.63, 3.8) is 0 Å². The lowest BCUT2D eigenvalue weighted by Crippen LogP contribution is -2.08. The summed E-state index contributed by atoms with van der Waals surface area (Å²) in [7, 11) is 3.33. The Hall–Kier alpha value is -1.97. The van der Waals surface area contributed by atoms with Gasteiger partial charge in [-0.2, -0.15) is 0 Å². The SMILES string of the molecule is COc1cc(OC)cc(-c2cn3c(n2)CCCC3)c1. The summed E-state index contributed by atoms with van der Waals surface area (Å²) in [4.78, 5) is 4.72. The lowest BCUT2D eigenvalue weighted by molar-refractivity contribution is 0.394. The maximum Gasteiger partial charge on any atom is 0.123 e. The Balaban J connectivity index is 2.03. The highest BCUT2D eigenvalue weighted by Gasteiger charge is 2.14. The molecule has 100 valence electrons. The van der Waals surface area contributed by atoms with Gasteiger partial charge in [-0.1, -0.05) is 0 Å². The van der Waals surface area contributed by atoms with E-state index in [9.17, 15) is 0 Å². The van der Waals surface area contributed by atoms with Gasteiger partial charge >= 0.3 is 0 Å². The van der Waals surface area contributed by atoms with Gasteiger partial charge in [0.2, 0.25) is 0 Å². The van der Waals surface area contributed by atoms with Crippen LogP contribution in [0.1, 0.15) is 18.7 Å². The van der Waals surface area contributed by atoms with Crippen molar-refractivity contribution in [1.29, 1.82) is 0 Å². The summed E-state index contributed by atoms with van der Waals surface area (Å²) in [5.41, 5.74) is 2.03. The third-order valence-corrected chi connectivity index (χ3v) is 3.56. The molecule has 0 N–H and O–H groups in total. The van der Waals surface area contributed by atoms with Gasteiger partial charge in [-0.15, -0.1) is 0 Å². The van der Waals surface area contributed by atoms with Crippen molar-refractivity contribution in [3.05, 3.63) is 30.2 Å². The molecule has 0 aliphatic carbocycles. The molecule has 0 unspecified atom stereocenters. The van der Waals surface area contributed by atoms with E-state index in [4.69, 9.17) is 14.5 Å². The molecule has 0 saturated carbocycles. The van der Waals surface area contributed by atoms with Crippen molar-refractivity contribution in [2.75, 3.05) is 14.2 Å². The van der Waals surface area contributed by atoms with Crippen LogP contribution < -0.4 is 9.47 Å². The van der Waals surface area contributed by atoms with Gasteiger partial charge in [0.25, 0.3) is 0 Å². The van der Waals surface area contributed by atoms with Gasteiger partial charge in [-0.3, -0.25) is 0 Å². The fourth-order valence-electron chi connectivity index (χ4n) is 2.51. The molecule has 1 aromatic carbocycles. The first-order chi connectivity index (χ1) is 9.30. The number of benzene rings is 1. The fourth-order valence-corrected chi connectivity index (χ4v) is 2.51. The average Bonchev–Trinajstić information content (AvgIpc) is 2.90. The summed E-state index contributed by atoms with van der Waals surface area (Å²) in [5.74, 6) is 2.77. The van der Waals surface area contributed by atoms with Crippen LogP contribution in [0, 0.1) is 0 Å². The maximum absolute atomic E-state index is 5.31. The molecule has 4 nitrogen and oxygen atoms in total. The summed E-state index contributed by atoms with van der Waals surface area (Å²) in [6.45, 7) is 1.07. The predicted molar refractivity (Wildman–Crippen MR) is 73.7 cm³/mol. The van der Waals surface area contributed by atoms with E-state index in [0.717, 1.165) is 35.7 Å². The summed E-state index contributed by atoms with van der Waals surface area (Å²) < 4.78 is 12.9. The Morgan fingerprint density at radius 2 is 1.79 bits per heavy atom. The monoisotopic (exact) mass is 258 g/mol. The van der Waals surface area contributed by atoms with Gasteiger partial charge in [0.15, 0.2) is 0 Å². The van der Waals surface area contributed by atoms with Crippen LogP contribution in [0.2, 0.25) is 0 Å². The molecule has 0 atom stereocenters. The second-order valence-electron chi connectivity index (χ2n) is 4.79. The summed E-state index contributed by atoms with van der Waals surface area (Å²) in [6.07, 6.45) is 5.67. The van der Waals surface area contributed by atoms with Gasteiger partial charge in [0.05, 0.1) is 19.9 Å². The largest absolute Gasteiger partial charge is 0.497 e. The number of rotatable bonds is 3. The number of ether oxygens (including phenoxy) is 2. The molecular formula is C15H18N2O2. The highest BCUT2D eigenvalue weighted by Crippen LogP contribution is 2.30. The minimum Gasteiger partial charge on any atom is -0.497 e. The van der Waals surface area contributed by atoms with Crippen molar-refractivity contribution >= 4 is 0 Å². The Labute approximate surface area is 113 Å². The number of aryl methyl sites for hydroxylation is 2. The molecule has 3 rings (SSSR count). The molecule has 0 fully saturated rings. The van der Waals surface area contributed by atoms with Crippen LogP contribution in [0.3, 0.4) is 0 Å². The van der Waals surface area contributed by atoms with E-state index in [1.807, 2.05) is 18.2 Å². The Morgan fingerprint density at radius 1 is 1.05 bits per heavy atom. The van der Waals surface area contributed by atoms with Gasteiger partial charge in [0.1, 0.15) is 17.3 Å². The van der Waals surface area contributed by atoms with Crippen molar-refractivity contribution in [2.24, 2.45) is 0 Å². The lowest BCUT2D eigenvalue weighted by Gasteiger charge is -2.11. The first-order valence-electron chi connectivity index (χ1n) is 6.59. The molecule has 0 amide bonds. The van der Waals surface area contributed by atoms with E-state index in [0.29, 0.717) is 0 Å². The first kappa shape index (κ1) is 12.1. The van der Waals surface area contributed by atoms with E-state index in [-0.39, 0.29) is 0 Å². The van der Waals surface area contributed by atoms with E-state index < -0.39 is 0 Å². The molecule has 1 aromatic heterocycles. The van der Waals surface area contributed by atoms with Gasteiger partial charge in [-0.25, -0.2) is 4.98 Å². The molecule has 0 bridgehead atoms. The third kappa shape index (κ3) is 2.30. The van der Waals surface area contributed by atoms with E-state index >= 15 is 0 Å². The molecule has 0 radical (unpaired) electrons. The van der Waals surface area contributed by atoms with Crippen molar-refractivity contribution < 1.29 is 9.47 Å². The molecule has 0 saturated heterocycles. The Kier molecular flexibility index (Phi) is 3.15. The second-order valence-corrected chi connectivity index (χ2v) is 4.79. The van der Waals surface area contributed by atoms with Gasteiger partial charge in [0, 0.05) is 30.8 Å². The van der Waals surface area contributed by atoms with Crippen LogP contribution >= 0.6 is 0 Å². The third-order valence-electron chi connectivity index (χ3n) is 3.56.